The van der Waals surface area contributed by atoms with Crippen LogP contribution in [0.5, 0.6) is 0 Å². The van der Waals surface area contributed by atoms with Gasteiger partial charge in [0.15, 0.2) is 0 Å². The molecule has 1 aliphatic heterocycles. The van der Waals surface area contributed by atoms with E-state index in [1.165, 1.54) is 21.8 Å². The fraction of sp³-hybridized carbons (Fsp3) is 0.175. The summed E-state index contributed by atoms with van der Waals surface area (Å²) in [6, 6.07) is 25.3. The lowest BCUT2D eigenvalue weighted by molar-refractivity contribution is -0.127. The van der Waals surface area contributed by atoms with Crippen molar-refractivity contribution < 1.29 is 4.79 Å². The van der Waals surface area contributed by atoms with Gasteiger partial charge in [0.1, 0.15) is 0 Å². The molecular formula is C40H35ClN8O. The van der Waals surface area contributed by atoms with Gasteiger partial charge in [-0.25, -0.2) is 0 Å². The average Bonchev–Trinajstić information content (AvgIpc) is 3.86. The zero-order valence-electron chi connectivity index (χ0n) is 28.0. The number of carbonyl (C=O) groups excluding carboxylic acids is 1. The molecule has 9 rings (SSSR count). The van der Waals surface area contributed by atoms with E-state index >= 15 is 0 Å². The molecule has 1 aliphatic rings. The number of carbonyl (C=O) groups is 1. The van der Waals surface area contributed by atoms with Crippen LogP contribution in [0.25, 0.3) is 66.1 Å². The monoisotopic (exact) mass is 678 g/mol. The van der Waals surface area contributed by atoms with Crippen LogP contribution < -0.4 is 5.32 Å². The fourth-order valence-electron chi connectivity index (χ4n) is 6.90. The van der Waals surface area contributed by atoms with E-state index < -0.39 is 0 Å². The summed E-state index contributed by atoms with van der Waals surface area (Å²) in [5, 5.41) is 6.72. The molecule has 1 fully saturated rings. The number of aromatic nitrogens is 6. The van der Waals surface area contributed by atoms with Crippen molar-refractivity contribution in [3.8, 4) is 22.3 Å². The maximum absolute atomic E-state index is 11.6. The van der Waals surface area contributed by atoms with Crippen LogP contribution in [0.15, 0.2) is 110 Å². The molecule has 248 valence electrons. The van der Waals surface area contributed by atoms with Gasteiger partial charge in [-0.3, -0.25) is 24.7 Å². The van der Waals surface area contributed by atoms with Crippen LogP contribution in [0.2, 0.25) is 5.02 Å². The Hall–Kier alpha value is -5.80. The third-order valence-corrected chi connectivity index (χ3v) is 9.73. The van der Waals surface area contributed by atoms with E-state index in [0.29, 0.717) is 5.02 Å². The van der Waals surface area contributed by atoms with Gasteiger partial charge in [-0.05, 0) is 76.9 Å². The zero-order chi connectivity index (χ0) is 34.4. The maximum Gasteiger partial charge on any atom is 0.219 e. The number of halogens is 1. The molecule has 5 heterocycles. The molecule has 4 aromatic carbocycles. The Morgan fingerprint density at radius 1 is 0.720 bits per heavy atom. The summed E-state index contributed by atoms with van der Waals surface area (Å²) in [6.07, 6.45) is 11.9. The maximum atomic E-state index is 11.6. The van der Waals surface area contributed by atoms with Crippen molar-refractivity contribution in [3.05, 3.63) is 115 Å². The van der Waals surface area contributed by atoms with E-state index in [9.17, 15) is 4.79 Å². The molecule has 8 aromatic rings. The predicted octanol–water partition coefficient (Wildman–Crippen LogP) is 8.26. The average molecular weight is 679 g/mol. The molecule has 1 N–H and O–H groups in total. The van der Waals surface area contributed by atoms with Crippen molar-refractivity contribution in [2.75, 3.05) is 18.4 Å². The number of nitrogens with one attached hydrogen (secondary N) is 1. The Bertz CT molecular complexity index is 2560. The van der Waals surface area contributed by atoms with Gasteiger partial charge in [0.25, 0.3) is 0 Å². The highest BCUT2D eigenvalue weighted by atomic mass is 35.5. The van der Waals surface area contributed by atoms with Gasteiger partial charge >= 0.3 is 0 Å². The molecule has 0 radical (unpaired) electrons. The minimum atomic E-state index is 0.134. The molecule has 0 bridgehead atoms. The van der Waals surface area contributed by atoms with Crippen molar-refractivity contribution in [2.24, 2.45) is 14.1 Å². The van der Waals surface area contributed by atoms with Gasteiger partial charge in [-0.1, -0.05) is 35.9 Å². The van der Waals surface area contributed by atoms with Gasteiger partial charge < -0.3 is 19.4 Å². The van der Waals surface area contributed by atoms with Gasteiger partial charge in [0, 0.05) is 110 Å². The summed E-state index contributed by atoms with van der Waals surface area (Å²) in [5.74, 6) is 0.134. The second-order valence-electron chi connectivity index (χ2n) is 12.8. The van der Waals surface area contributed by atoms with Gasteiger partial charge in [-0.2, -0.15) is 0 Å². The highest BCUT2D eigenvalue weighted by molar-refractivity contribution is 6.31. The Balaban J connectivity index is 0.000000152. The lowest BCUT2D eigenvalue weighted by atomic mass is 10.0. The van der Waals surface area contributed by atoms with Crippen LogP contribution in [0.4, 0.5) is 5.69 Å². The van der Waals surface area contributed by atoms with E-state index in [1.54, 1.807) is 31.7 Å². The first-order chi connectivity index (χ1) is 24.3. The predicted molar refractivity (Wildman–Crippen MR) is 202 cm³/mol. The number of anilines is 1. The van der Waals surface area contributed by atoms with Crippen LogP contribution in [-0.2, 0) is 18.9 Å². The standard InChI is InChI=1S/C23H23N5O.C17H12ClN3/c1-15(29)28-10-6-18(14-28)26-19-12-20(23-21(13-19)24-7-8-25-23)17-4-3-16-5-9-27(2)22(16)11-17;1-21-7-4-11-2-3-12(8-16(11)21)14-9-13(18)10-15-17(14)20-6-5-19-15/h3-5,7-9,11-13,18,26H,6,10,14H2,1-2H3;2-10H,1H3/t18-;/m1./s1. The first kappa shape index (κ1) is 31.5. The Labute approximate surface area is 294 Å². The van der Waals surface area contributed by atoms with Crippen LogP contribution in [0.1, 0.15) is 13.3 Å². The van der Waals surface area contributed by atoms with Crippen LogP contribution in [0.3, 0.4) is 0 Å². The molecule has 4 aromatic heterocycles. The highest BCUT2D eigenvalue weighted by Crippen LogP contribution is 2.34. The van der Waals surface area contributed by atoms with Crippen LogP contribution in [-0.4, -0.2) is 59.0 Å². The number of benzene rings is 4. The topological polar surface area (TPSA) is 93.8 Å². The number of hydrogen-bond donors (Lipinski definition) is 1. The summed E-state index contributed by atoms with van der Waals surface area (Å²) >= 11 is 6.23. The molecular weight excluding hydrogens is 644 g/mol. The SMILES string of the molecule is CC(=O)N1CC[C@@H](Nc2cc(-c3ccc4ccn(C)c4c3)c3nccnc3c2)C1.Cn1ccc2ccc(-c3cc(Cl)cc4nccnc34)cc21. The molecule has 1 saturated heterocycles. The molecule has 1 amide bonds. The van der Waals surface area contributed by atoms with Gasteiger partial charge in [0.05, 0.1) is 22.1 Å². The minimum Gasteiger partial charge on any atom is -0.380 e. The van der Waals surface area contributed by atoms with Crippen LogP contribution in [0, 0.1) is 0 Å². The smallest absolute Gasteiger partial charge is 0.219 e. The van der Waals surface area contributed by atoms with Gasteiger partial charge in [0.2, 0.25) is 5.91 Å². The molecule has 9 nitrogen and oxygen atoms in total. The number of aryl methyl sites for hydroxylation is 2. The second-order valence-corrected chi connectivity index (χ2v) is 13.3. The van der Waals surface area contributed by atoms with Crippen molar-refractivity contribution >= 4 is 67.1 Å². The summed E-state index contributed by atoms with van der Waals surface area (Å²) < 4.78 is 4.24. The largest absolute Gasteiger partial charge is 0.380 e. The van der Waals surface area contributed by atoms with E-state index in [-0.39, 0.29) is 11.9 Å². The molecule has 10 heteroatoms. The first-order valence-electron chi connectivity index (χ1n) is 16.6. The van der Waals surface area contributed by atoms with E-state index in [4.69, 9.17) is 11.6 Å². The zero-order valence-corrected chi connectivity index (χ0v) is 28.8. The quantitative estimate of drug-likeness (QED) is 0.201. The summed E-state index contributed by atoms with van der Waals surface area (Å²) in [4.78, 5) is 31.5. The fourth-order valence-corrected chi connectivity index (χ4v) is 7.11. The molecule has 0 unspecified atom stereocenters. The third-order valence-electron chi connectivity index (χ3n) is 9.51. The van der Waals surface area contributed by atoms with Crippen molar-refractivity contribution in [2.45, 2.75) is 19.4 Å². The number of amides is 1. The van der Waals surface area contributed by atoms with Crippen molar-refractivity contribution in [3.63, 3.8) is 0 Å². The molecule has 1 atom stereocenters. The number of hydrogen-bond acceptors (Lipinski definition) is 6. The van der Waals surface area contributed by atoms with Gasteiger partial charge in [-0.15, -0.1) is 0 Å². The highest BCUT2D eigenvalue weighted by Gasteiger charge is 2.24. The van der Waals surface area contributed by atoms with Crippen LogP contribution >= 0.6 is 11.6 Å². The number of likely N-dealkylation sites (tertiary alicyclic amines) is 1. The normalized spacial score (nSPS) is 14.4. The Morgan fingerprint density at radius 2 is 1.28 bits per heavy atom. The summed E-state index contributed by atoms with van der Waals surface area (Å²) in [6.45, 7) is 3.17. The summed E-state index contributed by atoms with van der Waals surface area (Å²) in [7, 11) is 4.10. The molecule has 0 aliphatic carbocycles. The van der Waals surface area contributed by atoms with Crippen molar-refractivity contribution in [1.82, 2.24) is 34.0 Å². The molecule has 0 saturated carbocycles. The number of fused-ring (bicyclic) bond motifs is 4. The number of nitrogens with zero attached hydrogens (tertiary/aromatic N) is 7. The third kappa shape index (κ3) is 6.01. The minimum absolute atomic E-state index is 0.134. The first-order valence-corrected chi connectivity index (χ1v) is 17.0. The molecule has 50 heavy (non-hydrogen) atoms. The molecule has 0 spiro atoms. The Kier molecular flexibility index (Phi) is 8.12. The van der Waals surface area contributed by atoms with Crippen molar-refractivity contribution in [1.29, 1.82) is 0 Å². The van der Waals surface area contributed by atoms with E-state index in [1.807, 2.05) is 30.1 Å². The Morgan fingerprint density at radius 3 is 1.86 bits per heavy atom. The second kappa shape index (κ2) is 12.9. The van der Waals surface area contributed by atoms with E-state index in [2.05, 4.69) is 108 Å². The van der Waals surface area contributed by atoms with E-state index in [0.717, 1.165) is 69.5 Å². The lowest BCUT2D eigenvalue weighted by Gasteiger charge is -2.17. The number of rotatable bonds is 4. The summed E-state index contributed by atoms with van der Waals surface area (Å²) in [5.41, 5.74) is 11.1. The lowest BCUT2D eigenvalue weighted by Crippen LogP contribution is -2.29.